The molecule has 5 aliphatic rings. The molecule has 2 N–H and O–H groups in total. The summed E-state index contributed by atoms with van der Waals surface area (Å²) in [5.74, 6) is 0.675. The number of halogens is 3. The number of rotatable bonds is 5. The van der Waals surface area contributed by atoms with Gasteiger partial charge in [0.25, 0.3) is 0 Å². The van der Waals surface area contributed by atoms with E-state index in [1.165, 1.54) is 12.3 Å². The Morgan fingerprint density at radius 3 is 2.48 bits per heavy atom. The minimum atomic E-state index is -4.83. The third-order valence-electron chi connectivity index (χ3n) is 7.25. The number of aromatic nitrogens is 3. The molecule has 2 aromatic rings. The van der Waals surface area contributed by atoms with E-state index in [0.717, 1.165) is 64.2 Å². The van der Waals surface area contributed by atoms with Crippen molar-refractivity contribution in [2.24, 2.45) is 0 Å². The van der Waals surface area contributed by atoms with Crippen LogP contribution in [-0.2, 0) is 10.3 Å². The van der Waals surface area contributed by atoms with Gasteiger partial charge in [-0.2, -0.15) is 0 Å². The van der Waals surface area contributed by atoms with E-state index in [-0.39, 0.29) is 16.9 Å². The smallest absolute Gasteiger partial charge is 0.402 e. The van der Waals surface area contributed by atoms with Crippen molar-refractivity contribution in [1.29, 1.82) is 0 Å². The first kappa shape index (κ1) is 19.4. The predicted molar refractivity (Wildman–Crippen MR) is 105 cm³/mol. The normalized spacial score (nSPS) is 30.5. The molecule has 7 rings (SSSR count). The third-order valence-corrected chi connectivity index (χ3v) is 7.25. The number of nitrogen functional groups attached to an aromatic ring is 1. The number of morpholine rings is 1. The molecule has 0 radical (unpaired) electrons. The summed E-state index contributed by atoms with van der Waals surface area (Å²) in [7, 11) is 0. The second-order valence-electron chi connectivity index (χ2n) is 9.36. The van der Waals surface area contributed by atoms with Gasteiger partial charge in [-0.3, -0.25) is 4.90 Å². The van der Waals surface area contributed by atoms with Gasteiger partial charge in [-0.15, -0.1) is 13.2 Å². The zero-order valence-electron chi connectivity index (χ0n) is 17.0. The maximum Gasteiger partial charge on any atom is 0.573 e. The number of anilines is 1. The van der Waals surface area contributed by atoms with E-state index in [4.69, 9.17) is 15.5 Å². The molecule has 0 atom stereocenters. The zero-order chi connectivity index (χ0) is 21.4. The molecule has 166 valence electrons. The summed E-state index contributed by atoms with van der Waals surface area (Å²) in [6, 6.07) is 1.27. The second kappa shape index (κ2) is 6.35. The number of alkyl halides is 3. The van der Waals surface area contributed by atoms with Gasteiger partial charge in [0.2, 0.25) is 0 Å². The van der Waals surface area contributed by atoms with Crippen LogP contribution in [0.1, 0.15) is 43.8 Å². The average Bonchev–Trinajstić information content (AvgIpc) is 3.41. The first-order valence-electron chi connectivity index (χ1n) is 10.7. The Labute approximate surface area is 177 Å². The van der Waals surface area contributed by atoms with Crippen LogP contribution in [0.3, 0.4) is 0 Å². The van der Waals surface area contributed by atoms with Crippen LogP contribution in [0.25, 0.3) is 11.3 Å². The van der Waals surface area contributed by atoms with Crippen LogP contribution in [0.15, 0.2) is 18.5 Å². The van der Waals surface area contributed by atoms with E-state index in [1.54, 1.807) is 0 Å². The van der Waals surface area contributed by atoms with Gasteiger partial charge in [0.1, 0.15) is 5.82 Å². The quantitative estimate of drug-likeness (QED) is 0.777. The molecule has 7 nitrogen and oxygen atoms in total. The minimum absolute atomic E-state index is 0.0774. The van der Waals surface area contributed by atoms with Crippen LogP contribution in [0, 0.1) is 0 Å². The molecule has 2 bridgehead atoms. The van der Waals surface area contributed by atoms with Gasteiger partial charge in [0.15, 0.2) is 11.6 Å². The Balaban J connectivity index is 1.29. The number of imidazole rings is 1. The molecule has 0 amide bonds. The Morgan fingerprint density at radius 1 is 1.13 bits per heavy atom. The van der Waals surface area contributed by atoms with Crippen LogP contribution >= 0.6 is 0 Å². The van der Waals surface area contributed by atoms with E-state index in [2.05, 4.69) is 19.2 Å². The summed E-state index contributed by atoms with van der Waals surface area (Å²) in [5, 5.41) is 0. The number of ether oxygens (including phenoxy) is 2. The monoisotopic (exact) mass is 435 g/mol. The molecular formula is C21H24F3N5O2. The Hall–Kier alpha value is -2.33. The molecule has 2 aromatic heterocycles. The Kier molecular flexibility index (Phi) is 3.97. The molecule has 3 heterocycles. The Morgan fingerprint density at radius 2 is 1.84 bits per heavy atom. The third kappa shape index (κ3) is 3.10. The predicted octanol–water partition coefficient (Wildman–Crippen LogP) is 3.27. The van der Waals surface area contributed by atoms with Crippen LogP contribution in [0.4, 0.5) is 19.0 Å². The van der Waals surface area contributed by atoms with Crippen LogP contribution in [0.2, 0.25) is 0 Å². The highest BCUT2D eigenvalue weighted by molar-refractivity contribution is 5.64. The first-order chi connectivity index (χ1) is 14.8. The van der Waals surface area contributed by atoms with Crippen molar-refractivity contribution in [2.45, 2.75) is 55.5 Å². The molecular weight excluding hydrogens is 411 g/mol. The topological polar surface area (TPSA) is 78.4 Å². The van der Waals surface area contributed by atoms with Gasteiger partial charge in [-0.1, -0.05) is 0 Å². The van der Waals surface area contributed by atoms with Gasteiger partial charge in [-0.25, -0.2) is 9.97 Å². The number of hydrogen-bond acceptors (Lipinski definition) is 6. The lowest BCUT2D eigenvalue weighted by Crippen LogP contribution is -2.79. The lowest BCUT2D eigenvalue weighted by atomic mass is 9.43. The van der Waals surface area contributed by atoms with Crippen LogP contribution < -0.4 is 10.5 Å². The summed E-state index contributed by atoms with van der Waals surface area (Å²) in [6.07, 6.45) is 4.10. The standard InChI is InChI=1S/C21H24F3N5O2/c22-21(23,24)31-16-7-14(8-26-17(16)25)15-9-29(18(27-15)13-1-2-13)20-10-19(11-20,12-20)28-3-5-30-6-4-28/h7-9,13H,1-6,10-12H2,(H2,25,26). The molecule has 4 aliphatic carbocycles. The van der Waals surface area contributed by atoms with Crippen molar-refractivity contribution in [2.75, 3.05) is 32.0 Å². The first-order valence-corrected chi connectivity index (χ1v) is 10.7. The van der Waals surface area contributed by atoms with E-state index in [1.807, 2.05) is 6.20 Å². The fourth-order valence-electron chi connectivity index (χ4n) is 5.66. The van der Waals surface area contributed by atoms with Crippen molar-refractivity contribution < 1.29 is 22.6 Å². The highest BCUT2D eigenvalue weighted by atomic mass is 19.4. The number of nitrogens with zero attached hydrogens (tertiary/aromatic N) is 4. The SMILES string of the molecule is Nc1ncc(-c2cn(C34CC(N5CCOCC5)(C3)C4)c(C3CC3)n2)cc1OC(F)(F)F. The lowest BCUT2D eigenvalue weighted by molar-refractivity contribution is -0.274. The van der Waals surface area contributed by atoms with E-state index >= 15 is 0 Å². The van der Waals surface area contributed by atoms with Gasteiger partial charge in [0.05, 0.1) is 24.4 Å². The minimum Gasteiger partial charge on any atom is -0.402 e. The summed E-state index contributed by atoms with van der Waals surface area (Å²) in [4.78, 5) is 11.3. The van der Waals surface area contributed by atoms with Crippen LogP contribution in [0.5, 0.6) is 5.75 Å². The summed E-state index contributed by atoms with van der Waals surface area (Å²) in [6.45, 7) is 3.56. The zero-order valence-corrected chi connectivity index (χ0v) is 17.0. The van der Waals surface area contributed by atoms with E-state index in [9.17, 15) is 13.2 Å². The second-order valence-corrected chi connectivity index (χ2v) is 9.36. The van der Waals surface area contributed by atoms with Gasteiger partial charge in [-0.05, 0) is 38.2 Å². The highest BCUT2D eigenvalue weighted by Crippen LogP contribution is 2.69. The molecule has 31 heavy (non-hydrogen) atoms. The fourth-order valence-corrected chi connectivity index (χ4v) is 5.66. The van der Waals surface area contributed by atoms with Gasteiger partial charge >= 0.3 is 6.36 Å². The molecule has 10 heteroatoms. The fraction of sp³-hybridized carbons (Fsp3) is 0.619. The molecule has 0 spiro atoms. The van der Waals surface area contributed by atoms with Crippen molar-refractivity contribution >= 4 is 5.82 Å². The van der Waals surface area contributed by atoms with Crippen molar-refractivity contribution in [1.82, 2.24) is 19.4 Å². The highest BCUT2D eigenvalue weighted by Gasteiger charge is 2.71. The van der Waals surface area contributed by atoms with Crippen molar-refractivity contribution in [3.05, 3.63) is 24.3 Å². The average molecular weight is 435 g/mol. The summed E-state index contributed by atoms with van der Waals surface area (Å²) < 4.78 is 50.0. The number of pyridine rings is 1. The maximum absolute atomic E-state index is 12.7. The van der Waals surface area contributed by atoms with Crippen molar-refractivity contribution in [3.63, 3.8) is 0 Å². The number of hydrogen-bond donors (Lipinski definition) is 1. The lowest BCUT2D eigenvalue weighted by Gasteiger charge is -2.74. The largest absolute Gasteiger partial charge is 0.573 e. The molecule has 4 saturated carbocycles. The molecule has 1 aliphatic heterocycles. The summed E-state index contributed by atoms with van der Waals surface area (Å²) >= 11 is 0. The van der Waals surface area contributed by atoms with Crippen molar-refractivity contribution in [3.8, 4) is 17.0 Å². The summed E-state index contributed by atoms with van der Waals surface area (Å²) in [5.41, 5.74) is 7.04. The molecule has 0 unspecified atom stereocenters. The Bertz CT molecular complexity index is 1010. The van der Waals surface area contributed by atoms with Gasteiger partial charge in [0, 0.05) is 42.5 Å². The molecule has 0 aromatic carbocycles. The van der Waals surface area contributed by atoms with E-state index in [0.29, 0.717) is 17.2 Å². The van der Waals surface area contributed by atoms with Gasteiger partial charge < -0.3 is 19.8 Å². The molecule has 5 fully saturated rings. The van der Waals surface area contributed by atoms with Crippen LogP contribution in [-0.4, -0.2) is 57.6 Å². The van der Waals surface area contributed by atoms with E-state index < -0.39 is 12.1 Å². The molecule has 1 saturated heterocycles. The number of nitrogens with two attached hydrogens (primary N) is 1. The maximum atomic E-state index is 12.7.